The van der Waals surface area contributed by atoms with Gasteiger partial charge >= 0.3 is 11.9 Å². The zero-order valence-electron chi connectivity index (χ0n) is 13.4. The molecule has 124 valence electrons. The predicted molar refractivity (Wildman–Crippen MR) is 86.6 cm³/mol. The molecular weight excluding hydrogens is 310 g/mol. The zero-order valence-corrected chi connectivity index (χ0v) is 13.4. The number of nitrogens with one attached hydrogen (secondary N) is 1. The van der Waals surface area contributed by atoms with Crippen molar-refractivity contribution in [1.29, 1.82) is 0 Å². The van der Waals surface area contributed by atoms with E-state index in [-0.39, 0.29) is 11.7 Å². The molecule has 6 nitrogen and oxygen atoms in total. The van der Waals surface area contributed by atoms with Gasteiger partial charge in [0.05, 0.1) is 0 Å². The molecule has 1 aromatic carbocycles. The number of carbonyl (C=O) groups is 2. The number of carbonyl (C=O) groups excluding carboxylic acids is 2. The van der Waals surface area contributed by atoms with E-state index in [0.717, 1.165) is 11.1 Å². The second-order valence-corrected chi connectivity index (χ2v) is 5.86. The highest BCUT2D eigenvalue weighted by Gasteiger charge is 2.35. The molecule has 24 heavy (non-hydrogen) atoms. The molecule has 2 aromatic rings. The first-order valence-electron chi connectivity index (χ1n) is 7.66. The molecule has 0 radical (unpaired) electrons. The number of hydrogen-bond acceptors (Lipinski definition) is 5. The smallest absolute Gasteiger partial charge is 0.347 e. The largest absolute Gasteiger partial charge is 0.460 e. The van der Waals surface area contributed by atoms with Gasteiger partial charge in [-0.2, -0.15) is 0 Å². The molecule has 0 spiro atoms. The maximum Gasteiger partial charge on any atom is 0.347 e. The minimum absolute atomic E-state index is 0.140. The monoisotopic (exact) mass is 327 g/mol. The van der Waals surface area contributed by atoms with Crippen LogP contribution in [0.1, 0.15) is 29.3 Å². The summed E-state index contributed by atoms with van der Waals surface area (Å²) >= 11 is 0. The number of rotatable bonds is 3. The molecule has 6 heteroatoms. The number of cyclic esters (lactones) is 1. The molecule has 1 fully saturated rings. The third-order valence-electron chi connectivity index (χ3n) is 3.83. The van der Waals surface area contributed by atoms with Gasteiger partial charge in [0.25, 0.3) is 5.56 Å². The van der Waals surface area contributed by atoms with E-state index in [2.05, 4.69) is 4.98 Å². The van der Waals surface area contributed by atoms with Gasteiger partial charge in [-0.1, -0.05) is 23.8 Å². The fourth-order valence-electron chi connectivity index (χ4n) is 2.62. The minimum atomic E-state index is -0.955. The van der Waals surface area contributed by atoms with Gasteiger partial charge in [-0.3, -0.25) is 4.79 Å². The molecule has 0 bridgehead atoms. The van der Waals surface area contributed by atoms with E-state index in [1.54, 1.807) is 13.0 Å². The van der Waals surface area contributed by atoms with Crippen molar-refractivity contribution in [3.8, 4) is 11.3 Å². The molecule has 2 heterocycles. The van der Waals surface area contributed by atoms with Gasteiger partial charge in [0.2, 0.25) is 6.10 Å². The first-order chi connectivity index (χ1) is 11.4. The molecule has 1 aliphatic heterocycles. The summed E-state index contributed by atoms with van der Waals surface area (Å²) in [5.74, 6) is -1.41. The SMILES string of the molecule is Cc1cccc(-c2ccc(C(=O)O[C@@H]3C[C@H](C)OC3=O)c(=O)[nH]2)c1. The van der Waals surface area contributed by atoms with E-state index in [4.69, 9.17) is 9.47 Å². The molecular formula is C18H17NO5. The molecule has 1 aromatic heterocycles. The van der Waals surface area contributed by atoms with Crippen LogP contribution in [0.5, 0.6) is 0 Å². The molecule has 0 saturated carbocycles. The predicted octanol–water partition coefficient (Wildman–Crippen LogP) is 2.21. The Balaban J connectivity index is 1.81. The number of pyridine rings is 1. The molecule has 0 unspecified atom stereocenters. The van der Waals surface area contributed by atoms with Gasteiger partial charge in [0.15, 0.2) is 0 Å². The summed E-state index contributed by atoms with van der Waals surface area (Å²) < 4.78 is 10.0. The fourth-order valence-corrected chi connectivity index (χ4v) is 2.62. The van der Waals surface area contributed by atoms with E-state index in [1.807, 2.05) is 31.2 Å². The van der Waals surface area contributed by atoms with Crippen LogP contribution in [0.15, 0.2) is 41.2 Å². The van der Waals surface area contributed by atoms with Crippen LogP contribution in [0, 0.1) is 6.92 Å². The Kier molecular flexibility index (Phi) is 4.20. The molecule has 0 aliphatic carbocycles. The summed E-state index contributed by atoms with van der Waals surface area (Å²) in [5, 5.41) is 0. The molecule has 1 saturated heterocycles. The zero-order chi connectivity index (χ0) is 17.3. The normalized spacial score (nSPS) is 19.8. The van der Waals surface area contributed by atoms with Gasteiger partial charge in [0.1, 0.15) is 11.7 Å². The van der Waals surface area contributed by atoms with Gasteiger partial charge in [-0.15, -0.1) is 0 Å². The Morgan fingerprint density at radius 2 is 2.04 bits per heavy atom. The average molecular weight is 327 g/mol. The van der Waals surface area contributed by atoms with Crippen LogP contribution >= 0.6 is 0 Å². The summed E-state index contributed by atoms with van der Waals surface area (Å²) in [5.41, 5.74) is 1.82. The Morgan fingerprint density at radius 3 is 2.67 bits per heavy atom. The van der Waals surface area contributed by atoms with Gasteiger partial charge in [0, 0.05) is 12.1 Å². The highest BCUT2D eigenvalue weighted by atomic mass is 16.6. The van der Waals surface area contributed by atoms with Crippen molar-refractivity contribution >= 4 is 11.9 Å². The van der Waals surface area contributed by atoms with E-state index in [1.165, 1.54) is 6.07 Å². The van der Waals surface area contributed by atoms with Crippen molar-refractivity contribution in [1.82, 2.24) is 4.98 Å². The Bertz CT molecular complexity index is 854. The van der Waals surface area contributed by atoms with Gasteiger partial charge < -0.3 is 14.5 Å². The van der Waals surface area contributed by atoms with E-state index >= 15 is 0 Å². The molecule has 2 atom stereocenters. The van der Waals surface area contributed by atoms with Crippen LogP contribution in [-0.2, 0) is 14.3 Å². The maximum absolute atomic E-state index is 12.2. The highest BCUT2D eigenvalue weighted by Crippen LogP contribution is 2.19. The van der Waals surface area contributed by atoms with E-state index in [0.29, 0.717) is 12.1 Å². The van der Waals surface area contributed by atoms with Crippen LogP contribution in [0.2, 0.25) is 0 Å². The number of aryl methyl sites for hydroxylation is 1. The molecule has 0 amide bonds. The van der Waals surface area contributed by atoms with Crippen molar-refractivity contribution in [2.45, 2.75) is 32.5 Å². The number of hydrogen-bond donors (Lipinski definition) is 1. The van der Waals surface area contributed by atoms with E-state index in [9.17, 15) is 14.4 Å². The Labute approximate surface area is 138 Å². The van der Waals surface area contributed by atoms with Gasteiger partial charge in [-0.05, 0) is 37.6 Å². The van der Waals surface area contributed by atoms with E-state index < -0.39 is 23.6 Å². The van der Waals surface area contributed by atoms with Crippen molar-refractivity contribution < 1.29 is 19.1 Å². The summed E-state index contributed by atoms with van der Waals surface area (Å²) in [6.07, 6.45) is -0.954. The van der Waals surface area contributed by atoms with Crippen molar-refractivity contribution in [2.24, 2.45) is 0 Å². The van der Waals surface area contributed by atoms with Crippen LogP contribution in [0.4, 0.5) is 0 Å². The summed E-state index contributed by atoms with van der Waals surface area (Å²) in [4.78, 5) is 38.5. The molecule has 1 aliphatic rings. The lowest BCUT2D eigenvalue weighted by Crippen LogP contribution is -2.27. The maximum atomic E-state index is 12.2. The second kappa shape index (κ2) is 6.31. The Morgan fingerprint density at radius 1 is 1.25 bits per heavy atom. The van der Waals surface area contributed by atoms with Crippen molar-refractivity contribution in [3.05, 3.63) is 57.9 Å². The minimum Gasteiger partial charge on any atom is -0.460 e. The van der Waals surface area contributed by atoms with Crippen LogP contribution in [0.3, 0.4) is 0 Å². The van der Waals surface area contributed by atoms with Crippen LogP contribution in [0.25, 0.3) is 11.3 Å². The molecule has 1 N–H and O–H groups in total. The first-order valence-corrected chi connectivity index (χ1v) is 7.66. The second-order valence-electron chi connectivity index (χ2n) is 5.86. The van der Waals surface area contributed by atoms with Crippen LogP contribution in [-0.4, -0.2) is 29.1 Å². The number of aromatic nitrogens is 1. The number of H-pyrrole nitrogens is 1. The van der Waals surface area contributed by atoms with Gasteiger partial charge in [-0.25, -0.2) is 9.59 Å². The van der Waals surface area contributed by atoms with Crippen LogP contribution < -0.4 is 5.56 Å². The lowest BCUT2D eigenvalue weighted by atomic mass is 10.1. The fraction of sp³-hybridized carbons (Fsp3) is 0.278. The third kappa shape index (κ3) is 3.22. The summed E-state index contributed by atoms with van der Waals surface area (Å²) in [6, 6.07) is 10.7. The lowest BCUT2D eigenvalue weighted by Gasteiger charge is -2.08. The number of ether oxygens (including phenoxy) is 2. The Hall–Kier alpha value is -2.89. The first kappa shape index (κ1) is 16.0. The average Bonchev–Trinajstić information content (AvgIpc) is 2.84. The summed E-state index contributed by atoms with van der Waals surface area (Å²) in [7, 11) is 0. The topological polar surface area (TPSA) is 85.5 Å². The summed E-state index contributed by atoms with van der Waals surface area (Å²) in [6.45, 7) is 3.67. The number of benzene rings is 1. The van der Waals surface area contributed by atoms with Crippen molar-refractivity contribution in [2.75, 3.05) is 0 Å². The quantitative estimate of drug-likeness (QED) is 0.874. The number of esters is 2. The highest BCUT2D eigenvalue weighted by molar-refractivity contribution is 5.91. The standard InChI is InChI=1S/C18H17NO5/c1-10-4-3-5-12(8-10)14-7-6-13(16(20)19-14)17(21)24-15-9-11(2)23-18(15)22/h3-8,11,15H,9H2,1-2H3,(H,19,20)/t11-,15+/m0/s1. The van der Waals surface area contributed by atoms with Crippen molar-refractivity contribution in [3.63, 3.8) is 0 Å². The molecule has 3 rings (SSSR count). The lowest BCUT2D eigenvalue weighted by molar-refractivity contribution is -0.147. The number of aromatic amines is 1. The third-order valence-corrected chi connectivity index (χ3v) is 3.83.